The van der Waals surface area contributed by atoms with Crippen LogP contribution in [-0.4, -0.2) is 99.3 Å². The van der Waals surface area contributed by atoms with Crippen LogP contribution in [0.15, 0.2) is 65.7 Å². The van der Waals surface area contributed by atoms with Gasteiger partial charge >= 0.3 is 6.16 Å². The Balaban J connectivity index is 1.37. The van der Waals surface area contributed by atoms with E-state index in [9.17, 15) is 18.0 Å². The molecule has 3 aromatic rings. The normalized spacial score (nSPS) is 21.4. The molecule has 1 atom stereocenters. The Kier molecular flexibility index (Phi) is 9.40. The molecule has 1 unspecified atom stereocenters. The zero-order valence-electron chi connectivity index (χ0n) is 26.0. The van der Waals surface area contributed by atoms with Gasteiger partial charge in [0.25, 0.3) is 21.5 Å². The second-order valence-corrected chi connectivity index (χ2v) is 13.8. The number of ether oxygens (including phenoxy) is 2. The van der Waals surface area contributed by atoms with Crippen LogP contribution in [0, 0.1) is 5.82 Å². The first kappa shape index (κ1) is 33.1. The van der Waals surface area contributed by atoms with E-state index in [4.69, 9.17) is 25.9 Å². The van der Waals surface area contributed by atoms with E-state index in [2.05, 4.69) is 21.8 Å². The molecule has 0 radical (unpaired) electrons. The minimum absolute atomic E-state index is 0.0921. The zero-order chi connectivity index (χ0) is 33.3. The lowest BCUT2D eigenvalue weighted by Gasteiger charge is -2.41. The summed E-state index contributed by atoms with van der Waals surface area (Å²) in [4.78, 5) is 42.7. The fourth-order valence-corrected chi connectivity index (χ4v) is 8.02. The molecule has 2 aromatic carbocycles. The molecular weight excluding hydrogens is 653 g/mol. The maximum absolute atomic E-state index is 15.0. The van der Waals surface area contributed by atoms with E-state index in [-0.39, 0.29) is 34.2 Å². The number of aromatic nitrogens is 1. The predicted molar refractivity (Wildman–Crippen MR) is 170 cm³/mol. The lowest BCUT2D eigenvalue weighted by atomic mass is 9.87. The van der Waals surface area contributed by atoms with Crippen LogP contribution in [0.3, 0.4) is 0 Å². The van der Waals surface area contributed by atoms with Gasteiger partial charge in [-0.25, -0.2) is 22.6 Å². The van der Waals surface area contributed by atoms with Gasteiger partial charge in [0.15, 0.2) is 0 Å². The minimum atomic E-state index is -4.66. The van der Waals surface area contributed by atoms with Gasteiger partial charge in [0.2, 0.25) is 5.88 Å². The number of pyridine rings is 1. The molecule has 15 heteroatoms. The summed E-state index contributed by atoms with van der Waals surface area (Å²) >= 11 is 6.22. The number of piperazine rings is 1. The van der Waals surface area contributed by atoms with Crippen molar-refractivity contribution in [1.29, 1.82) is 0 Å². The van der Waals surface area contributed by atoms with Crippen molar-refractivity contribution in [2.45, 2.75) is 36.3 Å². The van der Waals surface area contributed by atoms with Crippen LogP contribution in [-0.2, 0) is 30.0 Å². The minimum Gasteiger partial charge on any atom is -0.478 e. The quantitative estimate of drug-likeness (QED) is 0.319. The van der Waals surface area contributed by atoms with E-state index in [1.807, 2.05) is 0 Å². The Hall–Kier alpha value is -3.82. The SMILES string of the molecule is CCOc1ncccc1C1(OC(=O)ON2CCN(C3CCN(C)CC3)CC2)C(=O)N(S(=O)(=O)c2ccccc2)c2cc(F)c(Cl)cc21. The Morgan fingerprint density at radius 1 is 1.02 bits per heavy atom. The average molecular weight is 688 g/mol. The summed E-state index contributed by atoms with van der Waals surface area (Å²) in [7, 11) is -2.55. The van der Waals surface area contributed by atoms with Gasteiger partial charge in [-0.15, -0.1) is 5.06 Å². The number of hydrogen-bond acceptors (Lipinski definition) is 11. The van der Waals surface area contributed by atoms with Crippen molar-refractivity contribution in [3.63, 3.8) is 0 Å². The molecule has 0 spiro atoms. The molecule has 6 rings (SSSR count). The van der Waals surface area contributed by atoms with Crippen LogP contribution in [0.2, 0.25) is 5.02 Å². The molecule has 1 aromatic heterocycles. The molecule has 1 amide bonds. The van der Waals surface area contributed by atoms with E-state index in [1.165, 1.54) is 47.7 Å². The first-order valence-electron chi connectivity index (χ1n) is 15.4. The number of hydrogen-bond donors (Lipinski definition) is 0. The van der Waals surface area contributed by atoms with Crippen molar-refractivity contribution in [2.24, 2.45) is 0 Å². The number of halogens is 2. The number of sulfonamides is 1. The molecule has 0 N–H and O–H groups in total. The van der Waals surface area contributed by atoms with Crippen LogP contribution in [0.25, 0.3) is 0 Å². The number of benzene rings is 2. The Morgan fingerprint density at radius 3 is 2.40 bits per heavy atom. The van der Waals surface area contributed by atoms with Crippen molar-refractivity contribution in [1.82, 2.24) is 19.8 Å². The third kappa shape index (κ3) is 6.16. The number of amides is 1. The lowest BCUT2D eigenvalue weighted by molar-refractivity contribution is -0.168. The molecule has 0 aliphatic carbocycles. The average Bonchev–Trinajstić information content (AvgIpc) is 3.30. The number of nitrogens with zero attached hydrogens (tertiary/aromatic N) is 5. The summed E-state index contributed by atoms with van der Waals surface area (Å²) in [5.41, 5.74) is -3.20. The molecule has 4 heterocycles. The van der Waals surface area contributed by atoms with Gasteiger partial charge in [-0.05, 0) is 70.2 Å². The summed E-state index contributed by atoms with van der Waals surface area (Å²) in [6.45, 7) is 5.94. The van der Waals surface area contributed by atoms with Crippen molar-refractivity contribution < 1.29 is 36.7 Å². The molecule has 2 fully saturated rings. The number of rotatable bonds is 8. The largest absolute Gasteiger partial charge is 0.529 e. The second kappa shape index (κ2) is 13.4. The summed E-state index contributed by atoms with van der Waals surface area (Å²) in [6.07, 6.45) is 2.24. The van der Waals surface area contributed by atoms with Crippen molar-refractivity contribution >= 4 is 39.4 Å². The Bertz CT molecular complexity index is 1750. The van der Waals surface area contributed by atoms with Crippen LogP contribution >= 0.6 is 11.6 Å². The number of carbonyl (C=O) groups is 2. The smallest absolute Gasteiger partial charge is 0.478 e. The summed E-state index contributed by atoms with van der Waals surface area (Å²) < 4.78 is 55.2. The van der Waals surface area contributed by atoms with Crippen LogP contribution in [0.1, 0.15) is 30.9 Å². The highest BCUT2D eigenvalue weighted by molar-refractivity contribution is 7.93. The van der Waals surface area contributed by atoms with Crippen molar-refractivity contribution in [3.8, 4) is 5.88 Å². The molecule has 12 nitrogen and oxygen atoms in total. The summed E-state index contributed by atoms with van der Waals surface area (Å²) in [5.74, 6) is -2.31. The fraction of sp³-hybridized carbons (Fsp3) is 0.406. The van der Waals surface area contributed by atoms with Gasteiger partial charge in [0, 0.05) is 50.0 Å². The molecule has 0 bridgehead atoms. The highest BCUT2D eigenvalue weighted by Gasteiger charge is 2.61. The fourth-order valence-electron chi connectivity index (χ4n) is 6.38. The summed E-state index contributed by atoms with van der Waals surface area (Å²) in [6, 6.07) is 12.4. The maximum Gasteiger partial charge on any atom is 0.529 e. The van der Waals surface area contributed by atoms with E-state index >= 15 is 4.39 Å². The molecular formula is C32H35ClFN5O7S. The monoisotopic (exact) mass is 687 g/mol. The van der Waals surface area contributed by atoms with E-state index in [1.54, 1.807) is 13.0 Å². The number of piperidine rings is 1. The van der Waals surface area contributed by atoms with Gasteiger partial charge in [-0.1, -0.05) is 29.8 Å². The first-order valence-corrected chi connectivity index (χ1v) is 17.2. The topological polar surface area (TPSA) is 122 Å². The Labute approximate surface area is 277 Å². The highest BCUT2D eigenvalue weighted by atomic mass is 35.5. The van der Waals surface area contributed by atoms with Gasteiger partial charge in [0.05, 0.1) is 27.8 Å². The molecule has 2 saturated heterocycles. The van der Waals surface area contributed by atoms with Crippen LogP contribution < -0.4 is 9.04 Å². The molecule has 3 aliphatic rings. The predicted octanol–water partition coefficient (Wildman–Crippen LogP) is 4.03. The first-order chi connectivity index (χ1) is 22.6. The number of anilines is 1. The number of hydroxylamine groups is 2. The maximum atomic E-state index is 15.0. The van der Waals surface area contributed by atoms with Crippen molar-refractivity contribution in [2.75, 3.05) is 57.2 Å². The van der Waals surface area contributed by atoms with Crippen LogP contribution in [0.5, 0.6) is 5.88 Å². The van der Waals surface area contributed by atoms with Gasteiger partial charge in [-0.2, -0.15) is 4.31 Å². The lowest BCUT2D eigenvalue weighted by Crippen LogP contribution is -2.53. The number of likely N-dealkylation sites (tertiary alicyclic amines) is 1. The molecule has 0 saturated carbocycles. The summed E-state index contributed by atoms with van der Waals surface area (Å²) in [5, 5.41) is 1.02. The van der Waals surface area contributed by atoms with Gasteiger partial charge in [0.1, 0.15) is 5.82 Å². The van der Waals surface area contributed by atoms with E-state index < -0.39 is 38.5 Å². The Morgan fingerprint density at radius 2 is 1.72 bits per heavy atom. The zero-order valence-corrected chi connectivity index (χ0v) is 27.5. The van der Waals surface area contributed by atoms with Gasteiger partial charge < -0.3 is 19.2 Å². The second-order valence-electron chi connectivity index (χ2n) is 11.6. The van der Waals surface area contributed by atoms with Crippen LogP contribution in [0.4, 0.5) is 14.9 Å². The van der Waals surface area contributed by atoms with Gasteiger partial charge in [-0.3, -0.25) is 9.69 Å². The molecule has 47 heavy (non-hydrogen) atoms. The molecule has 250 valence electrons. The van der Waals surface area contributed by atoms with E-state index in [0.717, 1.165) is 38.1 Å². The number of fused-ring (bicyclic) bond motifs is 1. The molecule has 3 aliphatic heterocycles. The van der Waals surface area contributed by atoms with Crippen molar-refractivity contribution in [3.05, 3.63) is 82.8 Å². The standard InChI is InChI=1S/C32H35ClFN5O7S/c1-3-44-29-24(10-7-13-35-29)32(45-31(41)46-38-18-16-37(17-19-38)22-11-14-36(2)15-12-22)25-20-26(33)27(34)21-28(25)39(30(32)40)47(42,43)23-8-5-4-6-9-23/h4-10,13,20-22H,3,11-12,14-19H2,1-2H3. The number of carbonyl (C=O) groups excluding carboxylic acids is 2. The highest BCUT2D eigenvalue weighted by Crippen LogP contribution is 2.52. The van der Waals surface area contributed by atoms with E-state index in [0.29, 0.717) is 36.5 Å². The third-order valence-electron chi connectivity index (χ3n) is 8.75. The third-order valence-corrected chi connectivity index (χ3v) is 10.8.